The van der Waals surface area contributed by atoms with Crippen LogP contribution in [0, 0.1) is 0 Å². The van der Waals surface area contributed by atoms with Gasteiger partial charge >= 0.3 is 0 Å². The van der Waals surface area contributed by atoms with E-state index in [1.807, 2.05) is 0 Å². The lowest BCUT2D eigenvalue weighted by molar-refractivity contribution is 0.0869. The molecular weight excluding hydrogens is 202 g/mol. The fourth-order valence-corrected chi connectivity index (χ4v) is 1.57. The fraction of sp³-hybridized carbons (Fsp3) is 0.250. The highest BCUT2D eigenvalue weighted by atomic mass is 35.5. The van der Waals surface area contributed by atoms with Crippen molar-refractivity contribution in [1.82, 2.24) is 0 Å². The smallest absolute Gasteiger partial charge is 0.258 e. The minimum Gasteiger partial charge on any atom is -0.458 e. The molecule has 0 aromatic heterocycles. The van der Waals surface area contributed by atoms with Crippen LogP contribution in [-0.4, -0.2) is 6.36 Å². The van der Waals surface area contributed by atoms with Gasteiger partial charge in [-0.1, -0.05) is 11.6 Å². The minimum absolute atomic E-state index is 0.479. The van der Waals surface area contributed by atoms with E-state index in [-0.39, 0.29) is 0 Å². The zero-order chi connectivity index (χ0) is 8.72. The highest BCUT2D eigenvalue weighted by Crippen LogP contribution is 2.42. The molecule has 0 radical (unpaired) electrons. The van der Waals surface area contributed by atoms with Gasteiger partial charge in [0.25, 0.3) is 6.36 Å². The predicted octanol–water partition coefficient (Wildman–Crippen LogP) is 3.31. The number of halogens is 3. The molecule has 0 amide bonds. The van der Waals surface area contributed by atoms with Gasteiger partial charge in [-0.15, -0.1) is 11.6 Å². The molecule has 12 heavy (non-hydrogen) atoms. The Morgan fingerprint density at radius 3 is 2.92 bits per heavy atom. The van der Waals surface area contributed by atoms with Crippen LogP contribution in [0.15, 0.2) is 18.2 Å². The molecule has 0 spiro atoms. The van der Waals surface area contributed by atoms with Crippen molar-refractivity contribution in [3.63, 3.8) is 0 Å². The third-order valence-corrected chi connectivity index (χ3v) is 2.41. The lowest BCUT2D eigenvalue weighted by atomic mass is 10.2. The summed E-state index contributed by atoms with van der Waals surface area (Å²) >= 11 is 11.4. The van der Waals surface area contributed by atoms with Crippen LogP contribution >= 0.6 is 23.2 Å². The van der Waals surface area contributed by atoms with Crippen LogP contribution in [0.1, 0.15) is 10.9 Å². The molecule has 1 aliphatic rings. The highest BCUT2D eigenvalue weighted by molar-refractivity contribution is 6.31. The van der Waals surface area contributed by atoms with Gasteiger partial charge in [0.2, 0.25) is 0 Å². The van der Waals surface area contributed by atoms with Crippen LogP contribution in [0.4, 0.5) is 4.39 Å². The number of hydrogen-bond donors (Lipinski definition) is 0. The predicted molar refractivity (Wildman–Crippen MR) is 45.6 cm³/mol. The van der Waals surface area contributed by atoms with Gasteiger partial charge in [0.05, 0.1) is 0 Å². The van der Waals surface area contributed by atoms with Gasteiger partial charge in [0.1, 0.15) is 11.1 Å². The topological polar surface area (TPSA) is 9.23 Å². The van der Waals surface area contributed by atoms with E-state index in [1.54, 1.807) is 18.2 Å². The lowest BCUT2D eigenvalue weighted by Crippen LogP contribution is -2.06. The van der Waals surface area contributed by atoms with Crippen molar-refractivity contribution in [2.75, 3.05) is 0 Å². The van der Waals surface area contributed by atoms with Gasteiger partial charge in [0.15, 0.2) is 0 Å². The second-order valence-corrected chi connectivity index (χ2v) is 3.46. The highest BCUT2D eigenvalue weighted by Gasteiger charge is 2.32. The van der Waals surface area contributed by atoms with Crippen molar-refractivity contribution in [1.29, 1.82) is 0 Å². The molecule has 0 N–H and O–H groups in total. The van der Waals surface area contributed by atoms with Crippen LogP contribution in [0.25, 0.3) is 0 Å². The Morgan fingerprint density at radius 2 is 2.17 bits per heavy atom. The third-order valence-electron chi connectivity index (χ3n) is 1.74. The molecule has 0 fully saturated rings. The Hall–Kier alpha value is -0.470. The fourth-order valence-electron chi connectivity index (χ4n) is 1.16. The number of hydrogen-bond acceptors (Lipinski definition) is 1. The number of alkyl halides is 2. The largest absolute Gasteiger partial charge is 0.458 e. The van der Waals surface area contributed by atoms with Crippen LogP contribution in [0.2, 0.25) is 5.02 Å². The molecule has 2 rings (SSSR count). The summed E-state index contributed by atoms with van der Waals surface area (Å²) in [5, 5.41) is -0.198. The van der Waals surface area contributed by atoms with Crippen molar-refractivity contribution >= 4 is 23.2 Å². The maximum atomic E-state index is 12.8. The first-order valence-corrected chi connectivity index (χ1v) is 4.24. The molecule has 1 aromatic rings. The van der Waals surface area contributed by atoms with E-state index < -0.39 is 11.7 Å². The molecule has 1 heterocycles. The summed E-state index contributed by atoms with van der Waals surface area (Å²) in [7, 11) is 0. The van der Waals surface area contributed by atoms with Gasteiger partial charge in [-0.25, -0.2) is 0 Å². The summed E-state index contributed by atoms with van der Waals surface area (Å²) in [4.78, 5) is 0. The van der Waals surface area contributed by atoms with Crippen molar-refractivity contribution in [2.45, 2.75) is 11.7 Å². The average Bonchev–Trinajstić information content (AvgIpc) is 2.31. The van der Waals surface area contributed by atoms with Gasteiger partial charge < -0.3 is 4.74 Å². The second kappa shape index (κ2) is 2.79. The molecule has 0 aliphatic carbocycles. The molecule has 4 heteroatoms. The molecule has 1 aliphatic heterocycles. The monoisotopic (exact) mass is 206 g/mol. The number of ether oxygens (including phenoxy) is 1. The Balaban J connectivity index is 2.48. The quantitative estimate of drug-likeness (QED) is 0.593. The van der Waals surface area contributed by atoms with Crippen LogP contribution < -0.4 is 4.74 Å². The summed E-state index contributed by atoms with van der Waals surface area (Å²) in [5.74, 6) is 0.479. The summed E-state index contributed by atoms with van der Waals surface area (Å²) in [6, 6.07) is 4.88. The normalized spacial score (nSPS) is 26.6. The third kappa shape index (κ3) is 1.15. The van der Waals surface area contributed by atoms with Crippen LogP contribution in [-0.2, 0) is 0 Å². The van der Waals surface area contributed by atoms with Crippen LogP contribution in [0.5, 0.6) is 5.75 Å². The second-order valence-electron chi connectivity index (χ2n) is 2.55. The molecule has 0 saturated heterocycles. The summed E-state index contributed by atoms with van der Waals surface area (Å²) in [6.07, 6.45) is -1.46. The van der Waals surface area contributed by atoms with Crippen molar-refractivity contribution in [2.24, 2.45) is 0 Å². The van der Waals surface area contributed by atoms with Gasteiger partial charge in [-0.05, 0) is 18.2 Å². The van der Waals surface area contributed by atoms with E-state index >= 15 is 0 Å². The molecular formula is C8H5Cl2FO. The zero-order valence-corrected chi connectivity index (χ0v) is 7.44. The van der Waals surface area contributed by atoms with E-state index in [2.05, 4.69) is 0 Å². The molecule has 1 nitrogen and oxygen atoms in total. The Morgan fingerprint density at radius 1 is 1.42 bits per heavy atom. The van der Waals surface area contributed by atoms with E-state index in [0.717, 1.165) is 0 Å². The zero-order valence-electron chi connectivity index (χ0n) is 5.93. The van der Waals surface area contributed by atoms with Crippen molar-refractivity contribution in [3.05, 3.63) is 28.8 Å². The molecule has 1 aromatic carbocycles. The molecule has 0 bridgehead atoms. The minimum atomic E-state index is -1.46. The maximum Gasteiger partial charge on any atom is 0.258 e. The van der Waals surface area contributed by atoms with Gasteiger partial charge in [-0.3, -0.25) is 0 Å². The number of fused-ring (bicyclic) bond motifs is 1. The Bertz CT molecular complexity index is 316. The molecule has 2 atom stereocenters. The standard InChI is InChI=1S/C8H5Cl2FO/c9-4-1-2-6-5(3-4)7(10)8(11)12-6/h1-3,7-8H/t7-,8-/m0/s1. The van der Waals surface area contributed by atoms with Crippen molar-refractivity contribution in [3.8, 4) is 5.75 Å². The Kier molecular flexibility index (Phi) is 1.89. The molecule has 0 saturated carbocycles. The van der Waals surface area contributed by atoms with E-state index in [4.69, 9.17) is 27.9 Å². The van der Waals surface area contributed by atoms with Gasteiger partial charge in [-0.2, -0.15) is 4.39 Å². The first kappa shape index (κ1) is 8.14. The SMILES string of the molecule is F[C@H]1Oc2ccc(Cl)cc2[C@@H]1Cl. The van der Waals surface area contributed by atoms with E-state index in [9.17, 15) is 4.39 Å². The van der Waals surface area contributed by atoms with E-state index in [1.165, 1.54) is 0 Å². The maximum absolute atomic E-state index is 12.8. The molecule has 0 unspecified atom stereocenters. The van der Waals surface area contributed by atoms with Crippen LogP contribution in [0.3, 0.4) is 0 Å². The summed E-state index contributed by atoms with van der Waals surface area (Å²) in [5.41, 5.74) is 0.622. The van der Waals surface area contributed by atoms with E-state index in [0.29, 0.717) is 16.3 Å². The first-order valence-electron chi connectivity index (χ1n) is 3.43. The van der Waals surface area contributed by atoms with Crippen molar-refractivity contribution < 1.29 is 9.13 Å². The van der Waals surface area contributed by atoms with Gasteiger partial charge in [0, 0.05) is 10.6 Å². The first-order chi connectivity index (χ1) is 5.68. The lowest BCUT2D eigenvalue weighted by Gasteiger charge is -2.00. The Labute approximate surface area is 79.0 Å². The summed E-state index contributed by atoms with van der Waals surface area (Å²) < 4.78 is 17.7. The number of benzene rings is 1. The molecule has 64 valence electrons. The number of rotatable bonds is 0. The average molecular weight is 207 g/mol. The summed E-state index contributed by atoms with van der Waals surface area (Å²) in [6.45, 7) is 0.